The summed E-state index contributed by atoms with van der Waals surface area (Å²) < 4.78 is 2.29. The Labute approximate surface area is 166 Å². The van der Waals surface area contributed by atoms with Gasteiger partial charge in [0, 0.05) is 25.5 Å². The number of carbonyl (C=O) groups excluding carboxylic acids is 2. The van der Waals surface area contributed by atoms with Crippen LogP contribution < -0.4 is 5.32 Å². The summed E-state index contributed by atoms with van der Waals surface area (Å²) in [6, 6.07) is 10.6. The smallest absolute Gasteiger partial charge is 0.266 e. The third kappa shape index (κ3) is 4.78. The Morgan fingerprint density at radius 1 is 1.30 bits per heavy atom. The number of amides is 2. The number of benzene rings is 1. The van der Waals surface area contributed by atoms with Crippen LogP contribution in [0.4, 0.5) is 0 Å². The molecule has 0 unspecified atom stereocenters. The lowest BCUT2D eigenvalue weighted by atomic mass is 10.1. The molecule has 1 aromatic heterocycles. The molecule has 2 aromatic rings. The molecule has 2 heterocycles. The minimum Gasteiger partial charge on any atom is -0.508 e. The summed E-state index contributed by atoms with van der Waals surface area (Å²) in [6.45, 7) is 0.350. The molecule has 0 aliphatic carbocycles. The second kappa shape index (κ2) is 8.41. The summed E-state index contributed by atoms with van der Waals surface area (Å²) in [7, 11) is 1.90. The predicted molar refractivity (Wildman–Crippen MR) is 110 cm³/mol. The van der Waals surface area contributed by atoms with E-state index in [1.165, 1.54) is 16.7 Å². The summed E-state index contributed by atoms with van der Waals surface area (Å²) in [4.78, 5) is 26.6. The van der Waals surface area contributed by atoms with Crippen molar-refractivity contribution in [2.45, 2.75) is 6.42 Å². The van der Waals surface area contributed by atoms with Gasteiger partial charge in [-0.1, -0.05) is 36.1 Å². The lowest BCUT2D eigenvalue weighted by molar-refractivity contribution is -0.128. The lowest BCUT2D eigenvalue weighted by Gasteiger charge is -2.14. The Balaban J connectivity index is 1.53. The third-order valence-corrected chi connectivity index (χ3v) is 5.49. The largest absolute Gasteiger partial charge is 0.508 e. The zero-order chi connectivity index (χ0) is 19.4. The highest BCUT2D eigenvalue weighted by atomic mass is 32.2. The maximum absolute atomic E-state index is 12.6. The van der Waals surface area contributed by atoms with Crippen LogP contribution in [0.1, 0.15) is 11.3 Å². The number of phenols is 1. The van der Waals surface area contributed by atoms with E-state index in [4.69, 9.17) is 12.2 Å². The van der Waals surface area contributed by atoms with Gasteiger partial charge in [-0.3, -0.25) is 14.5 Å². The number of nitrogens with one attached hydrogen (secondary N) is 1. The van der Waals surface area contributed by atoms with Crippen molar-refractivity contribution in [1.29, 1.82) is 0 Å². The quantitative estimate of drug-likeness (QED) is 0.574. The van der Waals surface area contributed by atoms with Gasteiger partial charge in [0.15, 0.2) is 0 Å². The normalized spacial score (nSPS) is 15.6. The molecule has 1 aliphatic rings. The van der Waals surface area contributed by atoms with Crippen LogP contribution in [0.25, 0.3) is 6.08 Å². The number of hydrogen-bond acceptors (Lipinski definition) is 5. The van der Waals surface area contributed by atoms with Crippen LogP contribution in [0, 0.1) is 0 Å². The topological polar surface area (TPSA) is 74.6 Å². The summed E-state index contributed by atoms with van der Waals surface area (Å²) in [6.07, 6.45) is 4.31. The van der Waals surface area contributed by atoms with E-state index in [1.54, 1.807) is 30.3 Å². The van der Waals surface area contributed by atoms with Gasteiger partial charge in [0.2, 0.25) is 5.91 Å². The number of aromatic hydroxyl groups is 1. The SMILES string of the molecule is Cn1cccc1C=C1SC(=S)N(CC(=O)NCCc2ccc(O)cc2)C1=O. The number of rotatable bonds is 6. The lowest BCUT2D eigenvalue weighted by Crippen LogP contribution is -2.40. The van der Waals surface area contributed by atoms with Gasteiger partial charge in [-0.25, -0.2) is 0 Å². The molecule has 1 aliphatic heterocycles. The van der Waals surface area contributed by atoms with E-state index in [9.17, 15) is 14.7 Å². The third-order valence-electron chi connectivity index (χ3n) is 4.11. The number of thiocarbonyl (C=S) groups is 1. The van der Waals surface area contributed by atoms with Crippen molar-refractivity contribution in [2.24, 2.45) is 7.05 Å². The van der Waals surface area contributed by atoms with Crippen molar-refractivity contribution in [1.82, 2.24) is 14.8 Å². The van der Waals surface area contributed by atoms with Crippen LogP contribution in [0.2, 0.25) is 0 Å². The Morgan fingerprint density at radius 2 is 2.04 bits per heavy atom. The molecule has 2 N–H and O–H groups in total. The molecular weight excluding hydrogens is 382 g/mol. The minimum atomic E-state index is -0.259. The number of nitrogens with zero attached hydrogens (tertiary/aromatic N) is 2. The molecule has 2 amide bonds. The van der Waals surface area contributed by atoms with Gasteiger partial charge in [-0.05, 0) is 42.3 Å². The van der Waals surface area contributed by atoms with Crippen molar-refractivity contribution in [3.63, 3.8) is 0 Å². The molecule has 27 heavy (non-hydrogen) atoms. The molecule has 3 rings (SSSR count). The van der Waals surface area contributed by atoms with Gasteiger partial charge < -0.3 is 15.0 Å². The van der Waals surface area contributed by atoms with E-state index in [0.717, 1.165) is 11.3 Å². The van der Waals surface area contributed by atoms with Crippen LogP contribution in [0.3, 0.4) is 0 Å². The number of phenolic OH excluding ortho intramolecular Hbond substituents is 1. The van der Waals surface area contributed by atoms with E-state index in [0.29, 0.717) is 22.2 Å². The van der Waals surface area contributed by atoms with Crippen molar-refractivity contribution in [2.75, 3.05) is 13.1 Å². The Bertz CT molecular complexity index is 903. The van der Waals surface area contributed by atoms with Crippen LogP contribution in [0.15, 0.2) is 47.5 Å². The molecule has 0 saturated carbocycles. The summed E-state index contributed by atoms with van der Waals surface area (Å²) in [5, 5.41) is 12.1. The van der Waals surface area contributed by atoms with E-state index in [-0.39, 0.29) is 24.1 Å². The van der Waals surface area contributed by atoms with Crippen molar-refractivity contribution < 1.29 is 14.7 Å². The van der Waals surface area contributed by atoms with Crippen molar-refractivity contribution in [3.05, 3.63) is 58.8 Å². The molecule has 0 spiro atoms. The van der Waals surface area contributed by atoms with Crippen LogP contribution in [-0.2, 0) is 23.1 Å². The minimum absolute atomic E-state index is 0.0925. The summed E-state index contributed by atoms with van der Waals surface area (Å²) in [5.41, 5.74) is 1.90. The zero-order valence-corrected chi connectivity index (χ0v) is 16.3. The second-order valence-electron chi connectivity index (χ2n) is 6.08. The highest BCUT2D eigenvalue weighted by Gasteiger charge is 2.33. The number of aromatic nitrogens is 1. The molecule has 8 heteroatoms. The first kappa shape index (κ1) is 19.2. The van der Waals surface area contributed by atoms with Crippen molar-refractivity contribution in [3.8, 4) is 5.75 Å². The zero-order valence-electron chi connectivity index (χ0n) is 14.7. The number of thioether (sulfide) groups is 1. The monoisotopic (exact) mass is 401 g/mol. The predicted octanol–water partition coefficient (Wildman–Crippen LogP) is 2.29. The molecule has 1 aromatic carbocycles. The van der Waals surface area contributed by atoms with Gasteiger partial charge in [-0.2, -0.15) is 0 Å². The first-order valence-corrected chi connectivity index (χ1v) is 9.58. The van der Waals surface area contributed by atoms with E-state index < -0.39 is 0 Å². The standard InChI is InChI=1S/C19H19N3O3S2/c1-21-10-2-3-14(21)11-16-18(25)22(19(26)27-16)12-17(24)20-9-8-13-4-6-15(23)7-5-13/h2-7,10-11,23H,8-9,12H2,1H3,(H,20,24). The molecule has 0 bridgehead atoms. The van der Waals surface area contributed by atoms with E-state index in [2.05, 4.69) is 5.32 Å². The Hall–Kier alpha value is -2.58. The summed E-state index contributed by atoms with van der Waals surface area (Å²) >= 11 is 6.46. The maximum Gasteiger partial charge on any atom is 0.266 e. The van der Waals surface area contributed by atoms with Gasteiger partial charge in [0.25, 0.3) is 5.91 Å². The Kier molecular flexibility index (Phi) is 5.98. The fourth-order valence-electron chi connectivity index (χ4n) is 2.60. The van der Waals surface area contributed by atoms with Crippen LogP contribution in [0.5, 0.6) is 5.75 Å². The van der Waals surface area contributed by atoms with Gasteiger partial charge in [0.1, 0.15) is 16.6 Å². The number of aryl methyl sites for hydroxylation is 1. The molecule has 140 valence electrons. The average Bonchev–Trinajstić information content (AvgIpc) is 3.15. The van der Waals surface area contributed by atoms with Gasteiger partial charge in [-0.15, -0.1) is 0 Å². The molecular formula is C19H19N3O3S2. The molecule has 1 saturated heterocycles. The maximum atomic E-state index is 12.6. The van der Waals surface area contributed by atoms with E-state index >= 15 is 0 Å². The van der Waals surface area contributed by atoms with Gasteiger partial charge >= 0.3 is 0 Å². The molecule has 6 nitrogen and oxygen atoms in total. The van der Waals surface area contributed by atoms with Crippen LogP contribution in [-0.4, -0.2) is 43.8 Å². The van der Waals surface area contributed by atoms with Crippen molar-refractivity contribution >= 4 is 46.2 Å². The summed E-state index contributed by atoms with van der Waals surface area (Å²) in [5.74, 6) is -0.300. The average molecular weight is 402 g/mol. The highest BCUT2D eigenvalue weighted by molar-refractivity contribution is 8.26. The first-order chi connectivity index (χ1) is 12.9. The molecule has 0 radical (unpaired) electrons. The van der Waals surface area contributed by atoms with Crippen LogP contribution >= 0.6 is 24.0 Å². The van der Waals surface area contributed by atoms with E-state index in [1.807, 2.05) is 29.9 Å². The van der Waals surface area contributed by atoms with Gasteiger partial charge in [0.05, 0.1) is 4.91 Å². The first-order valence-electron chi connectivity index (χ1n) is 8.35. The fourth-order valence-corrected chi connectivity index (χ4v) is 3.84. The number of hydrogen-bond donors (Lipinski definition) is 2. The second-order valence-corrected chi connectivity index (χ2v) is 7.75. The molecule has 0 atom stereocenters. The number of carbonyl (C=O) groups is 2. The Morgan fingerprint density at radius 3 is 2.70 bits per heavy atom. The highest BCUT2D eigenvalue weighted by Crippen LogP contribution is 2.32. The molecule has 1 fully saturated rings. The fraction of sp³-hybridized carbons (Fsp3) is 0.211.